The van der Waals surface area contributed by atoms with Crippen LogP contribution >= 0.6 is 0 Å². The van der Waals surface area contributed by atoms with E-state index in [0.29, 0.717) is 5.56 Å². The highest BCUT2D eigenvalue weighted by molar-refractivity contribution is 7.89. The molecule has 0 fully saturated rings. The average molecular weight is 309 g/mol. The van der Waals surface area contributed by atoms with E-state index < -0.39 is 10.0 Å². The molecule has 1 aromatic rings. The Hall–Kier alpha value is -1.88. The summed E-state index contributed by atoms with van der Waals surface area (Å²) in [5.41, 5.74) is 5.69. The molecule has 1 rings (SSSR count). The number of hydrogen-bond acceptors (Lipinski definition) is 4. The molecule has 0 heterocycles. The molecule has 114 valence electrons. The number of sulfonamides is 1. The van der Waals surface area contributed by atoms with E-state index in [1.807, 2.05) is 0 Å². The molecule has 3 N–H and O–H groups in total. The predicted molar refractivity (Wildman–Crippen MR) is 80.9 cm³/mol. The van der Waals surface area contributed by atoms with E-state index in [1.165, 1.54) is 13.1 Å². The predicted octanol–water partition coefficient (Wildman–Crippen LogP) is -0.247. The van der Waals surface area contributed by atoms with Crippen LogP contribution in [-0.2, 0) is 14.8 Å². The molecule has 0 atom stereocenters. The van der Waals surface area contributed by atoms with Gasteiger partial charge in [-0.1, -0.05) is 30.9 Å². The normalized spacial score (nSPS) is 10.9. The molecular formula is C14H19N3O3S. The minimum Gasteiger partial charge on any atom is -0.358 e. The largest absolute Gasteiger partial charge is 0.358 e. The Labute approximate surface area is 125 Å². The maximum atomic E-state index is 12.6. The Bertz CT molecular complexity index is 660. The van der Waals surface area contributed by atoms with Crippen LogP contribution in [0, 0.1) is 11.8 Å². The van der Waals surface area contributed by atoms with Gasteiger partial charge in [-0.05, 0) is 12.1 Å². The zero-order valence-electron chi connectivity index (χ0n) is 12.1. The molecule has 21 heavy (non-hydrogen) atoms. The topological polar surface area (TPSA) is 92.5 Å². The quantitative estimate of drug-likeness (QED) is 0.734. The fraction of sp³-hybridized carbons (Fsp3) is 0.357. The van der Waals surface area contributed by atoms with Crippen molar-refractivity contribution in [3.8, 4) is 11.8 Å². The van der Waals surface area contributed by atoms with Crippen molar-refractivity contribution in [1.29, 1.82) is 0 Å². The van der Waals surface area contributed by atoms with Gasteiger partial charge in [-0.3, -0.25) is 4.79 Å². The van der Waals surface area contributed by atoms with Crippen molar-refractivity contribution in [3.63, 3.8) is 0 Å². The third-order valence-corrected chi connectivity index (χ3v) is 4.76. The van der Waals surface area contributed by atoms with E-state index in [1.54, 1.807) is 25.1 Å². The van der Waals surface area contributed by atoms with E-state index in [0.717, 1.165) is 4.31 Å². The highest BCUT2D eigenvalue weighted by Crippen LogP contribution is 2.19. The maximum Gasteiger partial charge on any atom is 0.244 e. The van der Waals surface area contributed by atoms with Gasteiger partial charge in [-0.15, -0.1) is 0 Å². The van der Waals surface area contributed by atoms with Crippen molar-refractivity contribution in [1.82, 2.24) is 9.62 Å². The smallest absolute Gasteiger partial charge is 0.244 e. The molecule has 0 aromatic heterocycles. The summed E-state index contributed by atoms with van der Waals surface area (Å²) in [5.74, 6) is 5.02. The second kappa shape index (κ2) is 7.78. The third-order valence-electron chi connectivity index (χ3n) is 2.78. The van der Waals surface area contributed by atoms with Gasteiger partial charge in [0.1, 0.15) is 0 Å². The summed E-state index contributed by atoms with van der Waals surface area (Å²) in [6.07, 6.45) is 0. The van der Waals surface area contributed by atoms with E-state index in [4.69, 9.17) is 5.73 Å². The number of rotatable bonds is 5. The molecule has 0 radical (unpaired) electrons. The number of amides is 1. The van der Waals surface area contributed by atoms with Crippen LogP contribution in [0.1, 0.15) is 12.5 Å². The lowest BCUT2D eigenvalue weighted by atomic mass is 10.2. The SMILES string of the molecule is CCN(CC(=O)NC)S(=O)(=O)c1ccccc1C#CCN. The molecule has 0 saturated heterocycles. The number of hydrogen-bond donors (Lipinski definition) is 2. The molecule has 0 spiro atoms. The van der Waals surface area contributed by atoms with Crippen LogP contribution in [0.5, 0.6) is 0 Å². The molecular weight excluding hydrogens is 290 g/mol. The molecule has 6 nitrogen and oxygen atoms in total. The molecule has 0 bridgehead atoms. The average Bonchev–Trinajstić information content (AvgIpc) is 2.50. The molecule has 0 aliphatic rings. The number of nitrogens with two attached hydrogens (primary N) is 1. The number of likely N-dealkylation sites (N-methyl/N-ethyl adjacent to an activating group) is 2. The Morgan fingerprint density at radius 2 is 2.05 bits per heavy atom. The van der Waals surface area contributed by atoms with Crippen molar-refractivity contribution in [2.24, 2.45) is 5.73 Å². The first kappa shape index (κ1) is 17.2. The summed E-state index contributed by atoms with van der Waals surface area (Å²) >= 11 is 0. The van der Waals surface area contributed by atoms with Gasteiger partial charge in [-0.2, -0.15) is 4.31 Å². The summed E-state index contributed by atoms with van der Waals surface area (Å²) in [4.78, 5) is 11.5. The van der Waals surface area contributed by atoms with E-state index in [9.17, 15) is 13.2 Å². The summed E-state index contributed by atoms with van der Waals surface area (Å²) < 4.78 is 26.4. The highest BCUT2D eigenvalue weighted by Gasteiger charge is 2.26. The van der Waals surface area contributed by atoms with Crippen LogP contribution in [0.2, 0.25) is 0 Å². The highest BCUT2D eigenvalue weighted by atomic mass is 32.2. The van der Waals surface area contributed by atoms with Gasteiger partial charge in [0.05, 0.1) is 18.0 Å². The van der Waals surface area contributed by atoms with Crippen molar-refractivity contribution in [3.05, 3.63) is 29.8 Å². The standard InChI is InChI=1S/C14H19N3O3S/c1-3-17(11-14(18)16-2)21(19,20)13-9-5-4-7-12(13)8-6-10-15/h4-5,7,9H,3,10-11,15H2,1-2H3,(H,16,18). The summed E-state index contributed by atoms with van der Waals surface area (Å²) in [6, 6.07) is 6.41. The van der Waals surface area contributed by atoms with Gasteiger partial charge in [-0.25, -0.2) is 8.42 Å². The van der Waals surface area contributed by atoms with Crippen LogP contribution in [0.15, 0.2) is 29.2 Å². The number of nitrogens with zero attached hydrogens (tertiary/aromatic N) is 1. The van der Waals surface area contributed by atoms with Crippen molar-refractivity contribution in [2.45, 2.75) is 11.8 Å². The van der Waals surface area contributed by atoms with Crippen LogP contribution in [-0.4, -0.2) is 45.3 Å². The Kier molecular flexibility index (Phi) is 6.37. The van der Waals surface area contributed by atoms with Crippen LogP contribution in [0.3, 0.4) is 0 Å². The van der Waals surface area contributed by atoms with Crippen molar-refractivity contribution in [2.75, 3.05) is 26.7 Å². The van der Waals surface area contributed by atoms with Crippen LogP contribution in [0.25, 0.3) is 0 Å². The van der Waals surface area contributed by atoms with E-state index in [-0.39, 0.29) is 30.4 Å². The van der Waals surface area contributed by atoms with Gasteiger partial charge in [0.15, 0.2) is 0 Å². The molecule has 0 aliphatic heterocycles. The van der Waals surface area contributed by atoms with Gasteiger partial charge in [0, 0.05) is 19.2 Å². The second-order valence-corrected chi connectivity index (χ2v) is 6.01. The summed E-state index contributed by atoms with van der Waals surface area (Å²) in [5, 5.41) is 2.41. The Morgan fingerprint density at radius 3 is 2.62 bits per heavy atom. The minimum absolute atomic E-state index is 0.0803. The van der Waals surface area contributed by atoms with E-state index in [2.05, 4.69) is 17.2 Å². The first-order valence-corrected chi connectivity index (χ1v) is 7.90. The van der Waals surface area contributed by atoms with Gasteiger partial charge >= 0.3 is 0 Å². The van der Waals surface area contributed by atoms with Crippen LogP contribution < -0.4 is 11.1 Å². The zero-order chi connectivity index (χ0) is 15.9. The third kappa shape index (κ3) is 4.29. The minimum atomic E-state index is -3.79. The van der Waals surface area contributed by atoms with Crippen molar-refractivity contribution >= 4 is 15.9 Å². The lowest BCUT2D eigenvalue weighted by Crippen LogP contribution is -2.39. The molecule has 0 unspecified atom stereocenters. The van der Waals surface area contributed by atoms with Gasteiger partial charge in [0.25, 0.3) is 0 Å². The fourth-order valence-corrected chi connectivity index (χ4v) is 3.24. The number of nitrogens with one attached hydrogen (secondary N) is 1. The molecule has 1 aromatic carbocycles. The Morgan fingerprint density at radius 1 is 1.38 bits per heavy atom. The van der Waals surface area contributed by atoms with Crippen LogP contribution in [0.4, 0.5) is 0 Å². The lowest BCUT2D eigenvalue weighted by Gasteiger charge is -2.20. The maximum absolute atomic E-state index is 12.6. The first-order valence-electron chi connectivity index (χ1n) is 6.46. The fourth-order valence-electron chi connectivity index (χ4n) is 1.69. The van der Waals surface area contributed by atoms with Gasteiger partial charge < -0.3 is 11.1 Å². The molecule has 0 aliphatic carbocycles. The van der Waals surface area contributed by atoms with Crippen molar-refractivity contribution < 1.29 is 13.2 Å². The van der Waals surface area contributed by atoms with E-state index >= 15 is 0 Å². The summed E-state index contributed by atoms with van der Waals surface area (Å²) in [6.45, 7) is 1.78. The molecule has 1 amide bonds. The van der Waals surface area contributed by atoms with Gasteiger partial charge in [0.2, 0.25) is 15.9 Å². The number of carbonyl (C=O) groups excluding carboxylic acids is 1. The zero-order valence-corrected chi connectivity index (χ0v) is 12.9. The number of benzene rings is 1. The first-order chi connectivity index (χ1) is 9.97. The summed E-state index contributed by atoms with van der Waals surface area (Å²) in [7, 11) is -2.33. The number of carbonyl (C=O) groups is 1. The second-order valence-electron chi connectivity index (χ2n) is 4.11. The Balaban J connectivity index is 3.26. The monoisotopic (exact) mass is 309 g/mol. The molecule has 0 saturated carbocycles. The molecule has 7 heteroatoms. The lowest BCUT2D eigenvalue weighted by molar-refractivity contribution is -0.120.